The zero-order valence-electron chi connectivity index (χ0n) is 12.6. The van der Waals surface area contributed by atoms with Gasteiger partial charge in [0.1, 0.15) is 5.75 Å². The fourth-order valence-corrected chi connectivity index (χ4v) is 2.77. The summed E-state index contributed by atoms with van der Waals surface area (Å²) in [6.07, 6.45) is 1.98. The molecule has 2 rings (SSSR count). The van der Waals surface area contributed by atoms with Crippen molar-refractivity contribution in [2.24, 2.45) is 0 Å². The van der Waals surface area contributed by atoms with Gasteiger partial charge in [-0.15, -0.1) is 0 Å². The molecule has 1 N–H and O–H groups in total. The predicted octanol–water partition coefficient (Wildman–Crippen LogP) is 4.74. The SMILES string of the molecule is CCCOc1cccc(C(Cc2cccc(Br)c2)NC)c1. The van der Waals surface area contributed by atoms with Crippen molar-refractivity contribution in [2.45, 2.75) is 25.8 Å². The van der Waals surface area contributed by atoms with E-state index < -0.39 is 0 Å². The first-order chi connectivity index (χ1) is 10.2. The summed E-state index contributed by atoms with van der Waals surface area (Å²) in [5.74, 6) is 0.948. The Morgan fingerprint density at radius 2 is 1.95 bits per heavy atom. The topological polar surface area (TPSA) is 21.3 Å². The van der Waals surface area contributed by atoms with Gasteiger partial charge in [0.05, 0.1) is 6.61 Å². The van der Waals surface area contributed by atoms with Crippen molar-refractivity contribution in [3.63, 3.8) is 0 Å². The van der Waals surface area contributed by atoms with Crippen LogP contribution in [-0.2, 0) is 6.42 Å². The first-order valence-electron chi connectivity index (χ1n) is 7.37. The average molecular weight is 348 g/mol. The summed E-state index contributed by atoms with van der Waals surface area (Å²) >= 11 is 3.53. The van der Waals surface area contributed by atoms with Crippen molar-refractivity contribution in [1.82, 2.24) is 5.32 Å². The van der Waals surface area contributed by atoms with E-state index in [-0.39, 0.29) is 6.04 Å². The highest BCUT2D eigenvalue weighted by Gasteiger charge is 2.11. The number of halogens is 1. The Balaban J connectivity index is 2.13. The molecule has 0 fully saturated rings. The lowest BCUT2D eigenvalue weighted by Gasteiger charge is -2.18. The Kier molecular flexibility index (Phi) is 6.27. The van der Waals surface area contributed by atoms with Crippen LogP contribution >= 0.6 is 15.9 Å². The molecule has 2 aromatic carbocycles. The van der Waals surface area contributed by atoms with Crippen LogP contribution in [0.2, 0.25) is 0 Å². The number of likely N-dealkylation sites (N-methyl/N-ethyl adjacent to an activating group) is 1. The first kappa shape index (κ1) is 16.1. The Hall–Kier alpha value is -1.32. The largest absolute Gasteiger partial charge is 0.494 e. The Labute approximate surface area is 135 Å². The van der Waals surface area contributed by atoms with Gasteiger partial charge >= 0.3 is 0 Å². The van der Waals surface area contributed by atoms with Gasteiger partial charge in [-0.1, -0.05) is 47.1 Å². The molecular formula is C18H22BrNO. The minimum Gasteiger partial charge on any atom is -0.494 e. The molecule has 0 aliphatic carbocycles. The van der Waals surface area contributed by atoms with Crippen molar-refractivity contribution in [1.29, 1.82) is 0 Å². The number of ether oxygens (including phenoxy) is 1. The van der Waals surface area contributed by atoms with Crippen LogP contribution in [0.3, 0.4) is 0 Å². The van der Waals surface area contributed by atoms with E-state index in [1.807, 2.05) is 13.1 Å². The van der Waals surface area contributed by atoms with Gasteiger partial charge in [-0.05, 0) is 55.3 Å². The van der Waals surface area contributed by atoms with Gasteiger partial charge in [0.25, 0.3) is 0 Å². The Morgan fingerprint density at radius 1 is 1.14 bits per heavy atom. The van der Waals surface area contributed by atoms with Gasteiger partial charge < -0.3 is 10.1 Å². The average Bonchev–Trinajstić information content (AvgIpc) is 2.51. The third kappa shape index (κ3) is 4.87. The number of hydrogen-bond donors (Lipinski definition) is 1. The fourth-order valence-electron chi connectivity index (χ4n) is 2.33. The molecule has 0 heterocycles. The molecule has 0 saturated carbocycles. The lowest BCUT2D eigenvalue weighted by Crippen LogP contribution is -2.18. The molecule has 0 aliphatic rings. The molecule has 1 atom stereocenters. The molecule has 0 spiro atoms. The molecule has 112 valence electrons. The highest BCUT2D eigenvalue weighted by atomic mass is 79.9. The molecule has 0 radical (unpaired) electrons. The van der Waals surface area contributed by atoms with E-state index in [2.05, 4.69) is 70.6 Å². The monoisotopic (exact) mass is 347 g/mol. The molecule has 2 aromatic rings. The third-order valence-electron chi connectivity index (χ3n) is 3.41. The maximum absolute atomic E-state index is 5.72. The second-order valence-corrected chi connectivity index (χ2v) is 6.01. The maximum Gasteiger partial charge on any atom is 0.119 e. The second kappa shape index (κ2) is 8.20. The summed E-state index contributed by atoms with van der Waals surface area (Å²) < 4.78 is 6.84. The van der Waals surface area contributed by atoms with E-state index in [0.29, 0.717) is 0 Å². The zero-order chi connectivity index (χ0) is 15.1. The van der Waals surface area contributed by atoms with E-state index in [4.69, 9.17) is 4.74 Å². The van der Waals surface area contributed by atoms with E-state index in [1.54, 1.807) is 0 Å². The summed E-state index contributed by atoms with van der Waals surface area (Å²) in [5.41, 5.74) is 2.56. The number of nitrogens with one attached hydrogen (secondary N) is 1. The smallest absolute Gasteiger partial charge is 0.119 e. The zero-order valence-corrected chi connectivity index (χ0v) is 14.2. The van der Waals surface area contributed by atoms with Crippen molar-refractivity contribution in [2.75, 3.05) is 13.7 Å². The minimum atomic E-state index is 0.282. The van der Waals surface area contributed by atoms with Crippen molar-refractivity contribution >= 4 is 15.9 Å². The highest BCUT2D eigenvalue weighted by Crippen LogP contribution is 2.23. The van der Waals surface area contributed by atoms with Crippen LogP contribution in [0.4, 0.5) is 0 Å². The maximum atomic E-state index is 5.72. The highest BCUT2D eigenvalue weighted by molar-refractivity contribution is 9.10. The van der Waals surface area contributed by atoms with E-state index in [1.165, 1.54) is 11.1 Å². The lowest BCUT2D eigenvalue weighted by atomic mass is 9.99. The number of rotatable bonds is 7. The molecular weight excluding hydrogens is 326 g/mol. The van der Waals surface area contributed by atoms with E-state index in [0.717, 1.165) is 29.7 Å². The van der Waals surface area contributed by atoms with E-state index >= 15 is 0 Å². The van der Waals surface area contributed by atoms with Crippen LogP contribution in [0.25, 0.3) is 0 Å². The van der Waals surface area contributed by atoms with Crippen LogP contribution in [0.15, 0.2) is 53.0 Å². The standard InChI is InChI=1S/C18H22BrNO/c1-3-10-21-17-9-5-7-15(13-17)18(20-2)12-14-6-4-8-16(19)11-14/h4-9,11,13,18,20H,3,10,12H2,1-2H3. The molecule has 3 heteroatoms. The third-order valence-corrected chi connectivity index (χ3v) is 3.90. The van der Waals surface area contributed by atoms with Crippen LogP contribution in [0, 0.1) is 0 Å². The van der Waals surface area contributed by atoms with Gasteiger partial charge in [0.15, 0.2) is 0 Å². The Bertz CT molecular complexity index is 571. The summed E-state index contributed by atoms with van der Waals surface area (Å²) in [5, 5.41) is 3.40. The van der Waals surface area contributed by atoms with Crippen LogP contribution < -0.4 is 10.1 Å². The quantitative estimate of drug-likeness (QED) is 0.780. The minimum absolute atomic E-state index is 0.282. The predicted molar refractivity (Wildman–Crippen MR) is 91.9 cm³/mol. The molecule has 0 aromatic heterocycles. The first-order valence-corrected chi connectivity index (χ1v) is 8.16. The van der Waals surface area contributed by atoms with Crippen LogP contribution in [0.5, 0.6) is 5.75 Å². The lowest BCUT2D eigenvalue weighted by molar-refractivity contribution is 0.317. The summed E-state index contributed by atoms with van der Waals surface area (Å²) in [6.45, 7) is 2.88. The van der Waals surface area contributed by atoms with E-state index in [9.17, 15) is 0 Å². The van der Waals surface area contributed by atoms with Crippen molar-refractivity contribution < 1.29 is 4.74 Å². The molecule has 2 nitrogen and oxygen atoms in total. The van der Waals surface area contributed by atoms with Gasteiger partial charge in [-0.3, -0.25) is 0 Å². The van der Waals surface area contributed by atoms with Crippen LogP contribution in [0.1, 0.15) is 30.5 Å². The van der Waals surface area contributed by atoms with Crippen molar-refractivity contribution in [3.8, 4) is 5.75 Å². The van der Waals surface area contributed by atoms with Gasteiger partial charge in [-0.2, -0.15) is 0 Å². The van der Waals surface area contributed by atoms with Gasteiger partial charge in [0, 0.05) is 10.5 Å². The molecule has 0 bridgehead atoms. The number of hydrogen-bond acceptors (Lipinski definition) is 2. The molecule has 21 heavy (non-hydrogen) atoms. The Morgan fingerprint density at radius 3 is 2.67 bits per heavy atom. The fraction of sp³-hybridized carbons (Fsp3) is 0.333. The van der Waals surface area contributed by atoms with Crippen LogP contribution in [-0.4, -0.2) is 13.7 Å². The second-order valence-electron chi connectivity index (χ2n) is 5.10. The normalized spacial score (nSPS) is 12.1. The van der Waals surface area contributed by atoms with Crippen molar-refractivity contribution in [3.05, 3.63) is 64.1 Å². The summed E-state index contributed by atoms with van der Waals surface area (Å²) in [6, 6.07) is 17.1. The van der Waals surface area contributed by atoms with Gasteiger partial charge in [-0.25, -0.2) is 0 Å². The van der Waals surface area contributed by atoms with Gasteiger partial charge in [0.2, 0.25) is 0 Å². The summed E-state index contributed by atoms with van der Waals surface area (Å²) in [4.78, 5) is 0. The molecule has 0 amide bonds. The molecule has 0 saturated heterocycles. The molecule has 0 aliphatic heterocycles. The number of benzene rings is 2. The molecule has 1 unspecified atom stereocenters. The summed E-state index contributed by atoms with van der Waals surface area (Å²) in [7, 11) is 2.00.